The van der Waals surface area contributed by atoms with E-state index in [1.807, 2.05) is 5.32 Å². The van der Waals surface area contributed by atoms with Crippen LogP contribution in [0.25, 0.3) is 0 Å². The van der Waals surface area contributed by atoms with Gasteiger partial charge < -0.3 is 10.6 Å². The summed E-state index contributed by atoms with van der Waals surface area (Å²) in [6.07, 6.45) is -4.78. The molecule has 0 aromatic rings. The van der Waals surface area contributed by atoms with Gasteiger partial charge >= 0.3 is 12.1 Å². The number of alkyl halides is 3. The molecule has 1 rings (SSSR count). The fourth-order valence-corrected chi connectivity index (χ4v) is 1.25. The number of carbonyl (C=O) groups excluding carboxylic acids is 1. The van der Waals surface area contributed by atoms with E-state index in [4.69, 9.17) is 0 Å². The lowest BCUT2D eigenvalue weighted by Gasteiger charge is -2.16. The third-order valence-corrected chi connectivity index (χ3v) is 2.09. The number of hydrogen-bond acceptors (Lipinski definition) is 2. The number of nitrogens with one attached hydrogen (secondary N) is 2. The van der Waals surface area contributed by atoms with Crippen molar-refractivity contribution in [1.82, 2.24) is 10.6 Å². The topological polar surface area (TPSA) is 41.1 Å². The largest absolute Gasteiger partial charge is 0.471 e. The maximum Gasteiger partial charge on any atom is 0.471 e. The molecule has 0 radical (unpaired) electrons. The van der Waals surface area contributed by atoms with Crippen molar-refractivity contribution in [3.8, 4) is 0 Å². The maximum absolute atomic E-state index is 11.8. The first-order chi connectivity index (χ1) is 5.91. The molecule has 3 nitrogen and oxygen atoms in total. The van der Waals surface area contributed by atoms with Crippen molar-refractivity contribution >= 4 is 18.3 Å². The second-order valence-electron chi connectivity index (χ2n) is 3.21. The van der Waals surface area contributed by atoms with Gasteiger partial charge in [0.2, 0.25) is 0 Å². The number of amides is 1. The molecule has 2 N–H and O–H groups in total. The summed E-state index contributed by atoms with van der Waals surface area (Å²) in [5.41, 5.74) is 0. The van der Waals surface area contributed by atoms with E-state index in [0.29, 0.717) is 13.1 Å². The summed E-state index contributed by atoms with van der Waals surface area (Å²) in [6.45, 7) is 2.84. The lowest BCUT2D eigenvalue weighted by Crippen LogP contribution is -2.46. The molecule has 0 aliphatic carbocycles. The van der Waals surface area contributed by atoms with E-state index >= 15 is 0 Å². The Bertz CT molecular complexity index is 210. The van der Waals surface area contributed by atoms with Gasteiger partial charge in [-0.15, -0.1) is 12.4 Å². The summed E-state index contributed by atoms with van der Waals surface area (Å²) in [5, 5.41) is 4.84. The molecule has 1 aliphatic rings. The van der Waals surface area contributed by atoms with Crippen LogP contribution in [0, 0.1) is 5.92 Å². The van der Waals surface area contributed by atoms with Gasteiger partial charge in [0, 0.05) is 12.6 Å². The molecule has 0 saturated carbocycles. The molecule has 84 valence electrons. The Morgan fingerprint density at radius 3 is 2.36 bits per heavy atom. The number of halogens is 4. The fourth-order valence-electron chi connectivity index (χ4n) is 1.25. The highest BCUT2D eigenvalue weighted by Gasteiger charge is 2.40. The van der Waals surface area contributed by atoms with Gasteiger partial charge in [-0.1, -0.05) is 6.92 Å². The lowest BCUT2D eigenvalue weighted by atomic mass is 10.1. The van der Waals surface area contributed by atoms with Crippen molar-refractivity contribution in [3.63, 3.8) is 0 Å². The second kappa shape index (κ2) is 4.84. The predicted octanol–water partition coefficient (Wildman–Crippen LogP) is 0.695. The van der Waals surface area contributed by atoms with Crippen LogP contribution in [0.1, 0.15) is 6.92 Å². The number of rotatable bonds is 1. The van der Waals surface area contributed by atoms with Crippen LogP contribution < -0.4 is 10.6 Å². The van der Waals surface area contributed by atoms with Crippen LogP contribution in [0.5, 0.6) is 0 Å². The summed E-state index contributed by atoms with van der Waals surface area (Å²) < 4.78 is 35.4. The first-order valence-corrected chi connectivity index (χ1v) is 3.99. The average Bonchev–Trinajstić information content (AvgIpc) is 2.34. The molecule has 0 aromatic heterocycles. The third-order valence-electron chi connectivity index (χ3n) is 2.09. The van der Waals surface area contributed by atoms with Crippen molar-refractivity contribution in [2.24, 2.45) is 5.92 Å². The first kappa shape index (κ1) is 13.5. The monoisotopic (exact) mass is 232 g/mol. The van der Waals surface area contributed by atoms with E-state index in [1.54, 1.807) is 6.92 Å². The van der Waals surface area contributed by atoms with Gasteiger partial charge in [-0.3, -0.25) is 4.79 Å². The molecule has 1 amide bonds. The van der Waals surface area contributed by atoms with Crippen LogP contribution in [-0.4, -0.2) is 31.2 Å². The van der Waals surface area contributed by atoms with Gasteiger partial charge in [-0.2, -0.15) is 13.2 Å². The van der Waals surface area contributed by atoms with Crippen molar-refractivity contribution in [1.29, 1.82) is 0 Å². The van der Waals surface area contributed by atoms with Crippen LogP contribution >= 0.6 is 12.4 Å². The second-order valence-corrected chi connectivity index (χ2v) is 3.21. The van der Waals surface area contributed by atoms with Gasteiger partial charge in [0.1, 0.15) is 0 Å². The quantitative estimate of drug-likeness (QED) is 0.699. The lowest BCUT2D eigenvalue weighted by molar-refractivity contribution is -0.174. The Morgan fingerprint density at radius 1 is 1.43 bits per heavy atom. The minimum absolute atomic E-state index is 0. The summed E-state index contributed by atoms with van der Waals surface area (Å²) in [6, 6.07) is -0.408. The Hall–Kier alpha value is -0.490. The van der Waals surface area contributed by atoms with Crippen molar-refractivity contribution in [2.75, 3.05) is 13.1 Å². The molecule has 7 heteroatoms. The van der Waals surface area contributed by atoms with E-state index in [2.05, 4.69) is 5.32 Å². The van der Waals surface area contributed by atoms with Gasteiger partial charge in [-0.05, 0) is 12.5 Å². The smallest absolute Gasteiger partial charge is 0.344 e. The van der Waals surface area contributed by atoms with E-state index < -0.39 is 18.1 Å². The molecule has 1 aliphatic heterocycles. The molecule has 0 aromatic carbocycles. The van der Waals surface area contributed by atoms with Crippen molar-refractivity contribution < 1.29 is 18.0 Å². The van der Waals surface area contributed by atoms with Gasteiger partial charge in [0.05, 0.1) is 0 Å². The molecule has 1 heterocycles. The molecule has 0 unspecified atom stereocenters. The Kier molecular flexibility index (Phi) is 4.67. The standard InChI is InChI=1S/C7H11F3N2O.ClH/c1-4-2-11-3-5(4)12-6(13)7(8,9)10;/h4-5,11H,2-3H2,1H3,(H,12,13);1H/t4-,5+;/m1./s1. The van der Waals surface area contributed by atoms with Gasteiger partial charge in [0.15, 0.2) is 0 Å². The Labute approximate surface area is 85.8 Å². The molecule has 1 fully saturated rings. The minimum Gasteiger partial charge on any atom is -0.344 e. The van der Waals surface area contributed by atoms with Gasteiger partial charge in [0.25, 0.3) is 0 Å². The molecule has 0 spiro atoms. The van der Waals surface area contributed by atoms with E-state index in [1.165, 1.54) is 0 Å². The zero-order valence-corrected chi connectivity index (χ0v) is 8.34. The highest BCUT2D eigenvalue weighted by molar-refractivity contribution is 5.85. The van der Waals surface area contributed by atoms with Gasteiger partial charge in [-0.25, -0.2) is 0 Å². The maximum atomic E-state index is 11.8. The SMILES string of the molecule is C[C@@H]1CNC[C@@H]1NC(=O)C(F)(F)F.Cl. The van der Waals surface area contributed by atoms with E-state index in [0.717, 1.165) is 0 Å². The molecular weight excluding hydrogens is 221 g/mol. The minimum atomic E-state index is -4.78. The van der Waals surface area contributed by atoms with Crippen molar-refractivity contribution in [3.05, 3.63) is 0 Å². The fraction of sp³-hybridized carbons (Fsp3) is 0.857. The number of hydrogen-bond donors (Lipinski definition) is 2. The summed E-state index contributed by atoms with van der Waals surface area (Å²) >= 11 is 0. The Balaban J connectivity index is 0.00000169. The van der Waals surface area contributed by atoms with Crippen LogP contribution in [0.2, 0.25) is 0 Å². The molecular formula is C7H12ClF3N2O. The normalized spacial score (nSPS) is 26.9. The third kappa shape index (κ3) is 3.34. The zero-order valence-electron chi connectivity index (χ0n) is 7.52. The summed E-state index contributed by atoms with van der Waals surface area (Å²) in [7, 11) is 0. The zero-order chi connectivity index (χ0) is 10.1. The predicted molar refractivity (Wildman–Crippen MR) is 47.3 cm³/mol. The summed E-state index contributed by atoms with van der Waals surface area (Å²) in [4.78, 5) is 10.5. The van der Waals surface area contributed by atoms with Crippen LogP contribution in [-0.2, 0) is 4.79 Å². The summed E-state index contributed by atoms with van der Waals surface area (Å²) in [5.74, 6) is -1.81. The van der Waals surface area contributed by atoms with Crippen LogP contribution in [0.4, 0.5) is 13.2 Å². The molecule has 2 atom stereocenters. The average molecular weight is 233 g/mol. The highest BCUT2D eigenvalue weighted by atomic mass is 35.5. The van der Waals surface area contributed by atoms with Crippen LogP contribution in [0.15, 0.2) is 0 Å². The van der Waals surface area contributed by atoms with Crippen LogP contribution in [0.3, 0.4) is 0 Å². The highest BCUT2D eigenvalue weighted by Crippen LogP contribution is 2.16. The van der Waals surface area contributed by atoms with E-state index in [-0.39, 0.29) is 18.3 Å². The van der Waals surface area contributed by atoms with E-state index in [9.17, 15) is 18.0 Å². The Morgan fingerprint density at radius 2 is 2.00 bits per heavy atom. The molecule has 1 saturated heterocycles. The van der Waals surface area contributed by atoms with Crippen molar-refractivity contribution in [2.45, 2.75) is 19.1 Å². The molecule has 0 bridgehead atoms. The first-order valence-electron chi connectivity index (χ1n) is 3.99. The number of carbonyl (C=O) groups is 1. The molecule has 14 heavy (non-hydrogen) atoms.